The highest BCUT2D eigenvalue weighted by Gasteiger charge is 2.30. The molecule has 2 saturated heterocycles. The quantitative estimate of drug-likeness (QED) is 0.858. The van der Waals surface area contributed by atoms with E-state index in [4.69, 9.17) is 4.74 Å². The average Bonchev–Trinajstić information content (AvgIpc) is 2.78. The molecule has 2 rings (SSSR count). The highest BCUT2D eigenvalue weighted by Crippen LogP contribution is 2.26. The highest BCUT2D eigenvalue weighted by molar-refractivity contribution is 4.84. The van der Waals surface area contributed by atoms with Crippen LogP contribution in [0.4, 0.5) is 0 Å². The lowest BCUT2D eigenvalue weighted by atomic mass is 9.94. The second kappa shape index (κ2) is 6.76. The zero-order chi connectivity index (χ0) is 14.8. The second-order valence-electron chi connectivity index (χ2n) is 8.07. The molecule has 0 spiro atoms. The molecule has 0 aromatic carbocycles. The zero-order valence-corrected chi connectivity index (χ0v) is 14.1. The third-order valence-electron chi connectivity index (χ3n) is 4.74. The molecular formula is C17H34N2O. The standard InChI is InChI=1S/C17H34N2O/c1-13-6-7-14(2)19(11-13)12-16-9-8-15(20-16)10-18-17(3,4)5/h13-16,18H,6-12H2,1-5H3. The van der Waals surface area contributed by atoms with E-state index in [1.165, 1.54) is 32.2 Å². The summed E-state index contributed by atoms with van der Waals surface area (Å²) in [5.74, 6) is 0.853. The maximum atomic E-state index is 6.24. The molecule has 1 N–H and O–H groups in total. The minimum absolute atomic E-state index is 0.193. The number of rotatable bonds is 4. The van der Waals surface area contributed by atoms with Gasteiger partial charge >= 0.3 is 0 Å². The van der Waals surface area contributed by atoms with Crippen LogP contribution in [0.15, 0.2) is 0 Å². The lowest BCUT2D eigenvalue weighted by Gasteiger charge is -2.38. The smallest absolute Gasteiger partial charge is 0.0707 e. The Balaban J connectivity index is 1.72. The number of likely N-dealkylation sites (tertiary alicyclic amines) is 1. The first-order valence-corrected chi connectivity index (χ1v) is 8.48. The molecule has 0 saturated carbocycles. The molecule has 20 heavy (non-hydrogen) atoms. The number of hydrogen-bond acceptors (Lipinski definition) is 3. The molecule has 4 unspecified atom stereocenters. The zero-order valence-electron chi connectivity index (χ0n) is 14.1. The van der Waals surface area contributed by atoms with Crippen molar-refractivity contribution in [3.63, 3.8) is 0 Å². The topological polar surface area (TPSA) is 24.5 Å². The van der Waals surface area contributed by atoms with Gasteiger partial charge in [-0.2, -0.15) is 0 Å². The predicted molar refractivity (Wildman–Crippen MR) is 85.1 cm³/mol. The van der Waals surface area contributed by atoms with Crippen molar-refractivity contribution in [1.29, 1.82) is 0 Å². The van der Waals surface area contributed by atoms with E-state index < -0.39 is 0 Å². The van der Waals surface area contributed by atoms with Gasteiger partial charge in [-0.1, -0.05) is 6.92 Å². The van der Waals surface area contributed by atoms with Gasteiger partial charge in [-0.3, -0.25) is 4.90 Å². The first-order valence-electron chi connectivity index (χ1n) is 8.48. The molecule has 0 bridgehead atoms. The van der Waals surface area contributed by atoms with Crippen molar-refractivity contribution in [1.82, 2.24) is 10.2 Å². The summed E-state index contributed by atoms with van der Waals surface area (Å²) in [6, 6.07) is 0.738. The van der Waals surface area contributed by atoms with Gasteiger partial charge in [0.2, 0.25) is 0 Å². The lowest BCUT2D eigenvalue weighted by Crippen LogP contribution is -2.45. The molecule has 0 aromatic rings. The van der Waals surface area contributed by atoms with E-state index in [1.807, 2.05) is 0 Å². The van der Waals surface area contributed by atoms with Crippen molar-refractivity contribution in [3.05, 3.63) is 0 Å². The maximum absolute atomic E-state index is 6.24. The Morgan fingerprint density at radius 2 is 1.75 bits per heavy atom. The molecule has 0 aromatic heterocycles. The Labute approximate surface area is 125 Å². The summed E-state index contributed by atoms with van der Waals surface area (Å²) in [7, 11) is 0. The number of nitrogens with one attached hydrogen (secondary N) is 1. The van der Waals surface area contributed by atoms with Crippen LogP contribution in [-0.2, 0) is 4.74 Å². The van der Waals surface area contributed by atoms with Gasteiger partial charge in [-0.25, -0.2) is 0 Å². The first-order chi connectivity index (χ1) is 9.33. The Morgan fingerprint density at radius 3 is 2.45 bits per heavy atom. The molecule has 3 nitrogen and oxygen atoms in total. The van der Waals surface area contributed by atoms with E-state index in [0.29, 0.717) is 12.2 Å². The summed E-state index contributed by atoms with van der Waals surface area (Å²) in [5, 5.41) is 3.57. The van der Waals surface area contributed by atoms with E-state index in [2.05, 4.69) is 44.8 Å². The van der Waals surface area contributed by atoms with Crippen molar-refractivity contribution < 1.29 is 4.74 Å². The summed E-state index contributed by atoms with van der Waals surface area (Å²) < 4.78 is 6.24. The molecule has 2 aliphatic rings. The van der Waals surface area contributed by atoms with Gasteiger partial charge in [0.1, 0.15) is 0 Å². The van der Waals surface area contributed by atoms with E-state index >= 15 is 0 Å². The number of piperidine rings is 1. The van der Waals surface area contributed by atoms with Gasteiger partial charge in [0, 0.05) is 31.2 Å². The number of ether oxygens (including phenoxy) is 1. The Kier molecular flexibility index (Phi) is 5.49. The van der Waals surface area contributed by atoms with Crippen molar-refractivity contribution in [2.75, 3.05) is 19.6 Å². The fourth-order valence-electron chi connectivity index (χ4n) is 3.38. The second-order valence-corrected chi connectivity index (χ2v) is 8.07. The molecule has 2 fully saturated rings. The summed E-state index contributed by atoms with van der Waals surface area (Å²) in [4.78, 5) is 2.65. The Bertz CT molecular complexity index is 300. The van der Waals surface area contributed by atoms with Gasteiger partial charge in [-0.15, -0.1) is 0 Å². The van der Waals surface area contributed by atoms with E-state index in [9.17, 15) is 0 Å². The van der Waals surface area contributed by atoms with Gasteiger partial charge < -0.3 is 10.1 Å². The average molecular weight is 282 g/mol. The predicted octanol–water partition coefficient (Wildman–Crippen LogP) is 3.04. The number of nitrogens with zero attached hydrogens (tertiary/aromatic N) is 1. The van der Waals surface area contributed by atoms with Crippen LogP contribution in [-0.4, -0.2) is 48.3 Å². The SMILES string of the molecule is CC1CCC(C)N(CC2CCC(CNC(C)(C)C)O2)C1. The third kappa shape index (κ3) is 5.01. The van der Waals surface area contributed by atoms with E-state index in [-0.39, 0.29) is 5.54 Å². The lowest BCUT2D eigenvalue weighted by molar-refractivity contribution is 0.00196. The first kappa shape index (κ1) is 16.3. The normalized spacial score (nSPS) is 36.5. The summed E-state index contributed by atoms with van der Waals surface area (Å²) >= 11 is 0. The molecule has 0 aliphatic carbocycles. The molecule has 118 valence electrons. The Morgan fingerprint density at radius 1 is 1.05 bits per heavy atom. The molecule has 0 radical (unpaired) electrons. The van der Waals surface area contributed by atoms with Crippen LogP contribution in [0.2, 0.25) is 0 Å². The van der Waals surface area contributed by atoms with E-state index in [0.717, 1.165) is 25.0 Å². The van der Waals surface area contributed by atoms with Gasteiger partial charge in [0.15, 0.2) is 0 Å². The van der Waals surface area contributed by atoms with E-state index in [1.54, 1.807) is 0 Å². The maximum Gasteiger partial charge on any atom is 0.0707 e. The minimum Gasteiger partial charge on any atom is -0.372 e. The molecule has 3 heteroatoms. The minimum atomic E-state index is 0.193. The van der Waals surface area contributed by atoms with Crippen LogP contribution in [0.5, 0.6) is 0 Å². The summed E-state index contributed by atoms with van der Waals surface area (Å²) in [5.41, 5.74) is 0.193. The van der Waals surface area contributed by atoms with Crippen LogP contribution >= 0.6 is 0 Å². The van der Waals surface area contributed by atoms with Crippen molar-refractivity contribution in [2.24, 2.45) is 5.92 Å². The molecular weight excluding hydrogens is 248 g/mol. The molecule has 2 heterocycles. The third-order valence-corrected chi connectivity index (χ3v) is 4.74. The molecule has 0 amide bonds. The van der Waals surface area contributed by atoms with Crippen molar-refractivity contribution in [2.45, 2.75) is 84.1 Å². The van der Waals surface area contributed by atoms with Crippen molar-refractivity contribution in [3.8, 4) is 0 Å². The van der Waals surface area contributed by atoms with Crippen molar-refractivity contribution >= 4 is 0 Å². The fraction of sp³-hybridized carbons (Fsp3) is 1.00. The van der Waals surface area contributed by atoms with Crippen LogP contribution in [0.25, 0.3) is 0 Å². The monoisotopic (exact) mass is 282 g/mol. The molecule has 4 atom stereocenters. The largest absolute Gasteiger partial charge is 0.372 e. The van der Waals surface area contributed by atoms with Crippen LogP contribution in [0.1, 0.15) is 60.3 Å². The molecule has 2 aliphatic heterocycles. The fourth-order valence-corrected chi connectivity index (χ4v) is 3.38. The van der Waals surface area contributed by atoms with Gasteiger partial charge in [0.25, 0.3) is 0 Å². The van der Waals surface area contributed by atoms with Gasteiger partial charge in [0.05, 0.1) is 12.2 Å². The summed E-state index contributed by atoms with van der Waals surface area (Å²) in [6.07, 6.45) is 6.05. The van der Waals surface area contributed by atoms with Crippen LogP contribution in [0.3, 0.4) is 0 Å². The highest BCUT2D eigenvalue weighted by atomic mass is 16.5. The van der Waals surface area contributed by atoms with Crippen LogP contribution in [0, 0.1) is 5.92 Å². The van der Waals surface area contributed by atoms with Gasteiger partial charge in [-0.05, 0) is 59.3 Å². The summed E-state index contributed by atoms with van der Waals surface area (Å²) in [6.45, 7) is 14.8. The number of hydrogen-bond donors (Lipinski definition) is 1. The van der Waals surface area contributed by atoms with Crippen LogP contribution < -0.4 is 5.32 Å². The Hall–Kier alpha value is -0.120.